The number of methoxy groups -OCH3 is 1. The molecule has 2 rings (SSSR count). The van der Waals surface area contributed by atoms with Crippen LogP contribution in [-0.2, 0) is 17.6 Å². The lowest BCUT2D eigenvalue weighted by atomic mass is 9.98. The number of hydrazine groups is 1. The molecule has 27 heavy (non-hydrogen) atoms. The molecule has 8 heteroatoms. The molecule has 6 nitrogen and oxygen atoms in total. The quantitative estimate of drug-likeness (QED) is 0.698. The Morgan fingerprint density at radius 2 is 1.89 bits per heavy atom. The van der Waals surface area contributed by atoms with Crippen molar-refractivity contribution in [1.29, 1.82) is 0 Å². The van der Waals surface area contributed by atoms with Crippen molar-refractivity contribution >= 4 is 11.8 Å². The molecule has 0 saturated heterocycles. The standard InChI is InChI=1S/C19H20F2N2O4/c1-4-12-10(2)15(24)6-5-13(12)19(26)23-22-17(25)9-11-7-14(20)18(21)16(8-11)27-3/h5-8,24H,4,9H2,1-3H3,(H,22,25)(H,23,26). The van der Waals surface area contributed by atoms with Crippen LogP contribution in [-0.4, -0.2) is 24.0 Å². The summed E-state index contributed by atoms with van der Waals surface area (Å²) in [5.74, 6) is -3.66. The maximum absolute atomic E-state index is 13.5. The highest BCUT2D eigenvalue weighted by atomic mass is 19.2. The molecule has 0 bridgehead atoms. The van der Waals surface area contributed by atoms with Crippen LogP contribution in [0.4, 0.5) is 8.78 Å². The average Bonchev–Trinajstić information content (AvgIpc) is 2.64. The number of benzene rings is 2. The molecule has 2 aromatic rings. The van der Waals surface area contributed by atoms with Crippen LogP contribution in [0.5, 0.6) is 11.5 Å². The molecule has 0 saturated carbocycles. The second-order valence-corrected chi connectivity index (χ2v) is 5.86. The third kappa shape index (κ3) is 4.52. The van der Waals surface area contributed by atoms with Crippen LogP contribution >= 0.6 is 0 Å². The van der Waals surface area contributed by atoms with Gasteiger partial charge in [0.15, 0.2) is 11.6 Å². The van der Waals surface area contributed by atoms with Gasteiger partial charge < -0.3 is 9.84 Å². The van der Waals surface area contributed by atoms with Crippen LogP contribution in [0.25, 0.3) is 0 Å². The summed E-state index contributed by atoms with van der Waals surface area (Å²) in [5, 5.41) is 9.74. The Hall–Kier alpha value is -3.16. The Morgan fingerprint density at radius 1 is 1.19 bits per heavy atom. The Kier molecular flexibility index (Phi) is 6.33. The van der Waals surface area contributed by atoms with E-state index in [1.54, 1.807) is 6.92 Å². The van der Waals surface area contributed by atoms with E-state index in [2.05, 4.69) is 10.9 Å². The second kappa shape index (κ2) is 8.48. The summed E-state index contributed by atoms with van der Waals surface area (Å²) in [5.41, 5.74) is 6.26. The fourth-order valence-electron chi connectivity index (χ4n) is 2.70. The smallest absolute Gasteiger partial charge is 0.269 e. The fraction of sp³-hybridized carbons (Fsp3) is 0.263. The molecule has 0 aliphatic rings. The molecule has 0 heterocycles. The first kappa shape index (κ1) is 20.2. The van der Waals surface area contributed by atoms with Crippen molar-refractivity contribution in [3.05, 3.63) is 58.2 Å². The van der Waals surface area contributed by atoms with E-state index in [1.165, 1.54) is 25.3 Å². The van der Waals surface area contributed by atoms with Gasteiger partial charge in [0.1, 0.15) is 5.75 Å². The van der Waals surface area contributed by atoms with Gasteiger partial charge in [0, 0.05) is 5.56 Å². The minimum Gasteiger partial charge on any atom is -0.508 e. The van der Waals surface area contributed by atoms with Crippen LogP contribution < -0.4 is 15.6 Å². The number of aromatic hydroxyl groups is 1. The molecular weight excluding hydrogens is 358 g/mol. The number of phenolic OH excluding ortho intramolecular Hbond substituents is 1. The lowest BCUT2D eigenvalue weighted by Gasteiger charge is -2.13. The fourth-order valence-corrected chi connectivity index (χ4v) is 2.70. The van der Waals surface area contributed by atoms with Gasteiger partial charge in [0.2, 0.25) is 11.7 Å². The third-order valence-electron chi connectivity index (χ3n) is 4.12. The number of carbonyl (C=O) groups excluding carboxylic acids is 2. The number of nitrogens with one attached hydrogen (secondary N) is 2. The monoisotopic (exact) mass is 378 g/mol. The van der Waals surface area contributed by atoms with Crippen molar-refractivity contribution in [3.63, 3.8) is 0 Å². The van der Waals surface area contributed by atoms with Gasteiger partial charge in [-0.25, -0.2) is 4.39 Å². The van der Waals surface area contributed by atoms with Gasteiger partial charge in [0.05, 0.1) is 13.5 Å². The van der Waals surface area contributed by atoms with E-state index in [0.29, 0.717) is 23.1 Å². The number of ether oxygens (including phenoxy) is 1. The number of rotatable bonds is 5. The number of halogens is 2. The molecule has 0 aliphatic heterocycles. The zero-order chi connectivity index (χ0) is 20.1. The summed E-state index contributed by atoms with van der Waals surface area (Å²) >= 11 is 0. The van der Waals surface area contributed by atoms with Gasteiger partial charge >= 0.3 is 0 Å². The largest absolute Gasteiger partial charge is 0.508 e. The van der Waals surface area contributed by atoms with E-state index < -0.39 is 23.4 Å². The topological polar surface area (TPSA) is 87.7 Å². The van der Waals surface area contributed by atoms with Crippen molar-refractivity contribution in [2.75, 3.05) is 7.11 Å². The van der Waals surface area contributed by atoms with Gasteiger partial charge in [-0.2, -0.15) is 4.39 Å². The number of phenols is 1. The average molecular weight is 378 g/mol. The summed E-state index contributed by atoms with van der Waals surface area (Å²) in [6.45, 7) is 3.54. The van der Waals surface area contributed by atoms with E-state index in [4.69, 9.17) is 4.74 Å². The summed E-state index contributed by atoms with van der Waals surface area (Å²) < 4.78 is 31.6. The van der Waals surface area contributed by atoms with E-state index in [1.807, 2.05) is 6.92 Å². The van der Waals surface area contributed by atoms with Crippen molar-refractivity contribution in [2.24, 2.45) is 0 Å². The molecule has 0 unspecified atom stereocenters. The lowest BCUT2D eigenvalue weighted by Crippen LogP contribution is -2.42. The van der Waals surface area contributed by atoms with E-state index >= 15 is 0 Å². The highest BCUT2D eigenvalue weighted by Crippen LogP contribution is 2.24. The van der Waals surface area contributed by atoms with Crippen LogP contribution in [0, 0.1) is 18.6 Å². The Balaban J connectivity index is 2.05. The molecular formula is C19H20F2N2O4. The highest BCUT2D eigenvalue weighted by Gasteiger charge is 2.16. The van der Waals surface area contributed by atoms with Gasteiger partial charge in [0.25, 0.3) is 5.91 Å². The molecule has 0 fully saturated rings. The highest BCUT2D eigenvalue weighted by molar-refractivity contribution is 5.97. The molecule has 0 aliphatic carbocycles. The molecule has 3 N–H and O–H groups in total. The first-order chi connectivity index (χ1) is 12.8. The van der Waals surface area contributed by atoms with Gasteiger partial charge in [-0.3, -0.25) is 20.4 Å². The van der Waals surface area contributed by atoms with Crippen molar-refractivity contribution < 1.29 is 28.2 Å². The Morgan fingerprint density at radius 3 is 2.52 bits per heavy atom. The van der Waals surface area contributed by atoms with Gasteiger partial charge in [-0.1, -0.05) is 6.92 Å². The predicted octanol–water partition coefficient (Wildman–Crippen LogP) is 2.55. The second-order valence-electron chi connectivity index (χ2n) is 5.86. The number of carbonyl (C=O) groups is 2. The van der Waals surface area contributed by atoms with E-state index in [0.717, 1.165) is 6.07 Å². The first-order valence-corrected chi connectivity index (χ1v) is 8.21. The van der Waals surface area contributed by atoms with E-state index in [9.17, 15) is 23.5 Å². The SMILES string of the molecule is CCc1c(C(=O)NNC(=O)Cc2cc(F)c(F)c(OC)c2)ccc(O)c1C. The maximum atomic E-state index is 13.5. The van der Waals surface area contributed by atoms with Crippen LogP contribution in [0.15, 0.2) is 24.3 Å². The Bertz CT molecular complexity index is 884. The van der Waals surface area contributed by atoms with Crippen molar-refractivity contribution in [3.8, 4) is 11.5 Å². The normalized spacial score (nSPS) is 10.4. The lowest BCUT2D eigenvalue weighted by molar-refractivity contribution is -0.121. The van der Waals surface area contributed by atoms with Gasteiger partial charge in [-0.05, 0) is 54.3 Å². The molecule has 2 amide bonds. The summed E-state index contributed by atoms with van der Waals surface area (Å²) in [6, 6.07) is 4.96. The number of amides is 2. The third-order valence-corrected chi connectivity index (χ3v) is 4.12. The van der Waals surface area contributed by atoms with Crippen LogP contribution in [0.1, 0.15) is 34.0 Å². The molecule has 0 atom stereocenters. The zero-order valence-electron chi connectivity index (χ0n) is 15.2. The molecule has 144 valence electrons. The summed E-state index contributed by atoms with van der Waals surface area (Å²) in [4.78, 5) is 24.3. The Labute approximate surface area is 155 Å². The number of hydrogen-bond donors (Lipinski definition) is 3. The maximum Gasteiger partial charge on any atom is 0.269 e. The van der Waals surface area contributed by atoms with Crippen LogP contribution in [0.3, 0.4) is 0 Å². The molecule has 2 aromatic carbocycles. The number of hydrogen-bond acceptors (Lipinski definition) is 4. The minimum atomic E-state index is -1.13. The molecule has 0 radical (unpaired) electrons. The molecule has 0 aromatic heterocycles. The van der Waals surface area contributed by atoms with Crippen LogP contribution in [0.2, 0.25) is 0 Å². The van der Waals surface area contributed by atoms with Crippen molar-refractivity contribution in [2.45, 2.75) is 26.7 Å². The summed E-state index contributed by atoms with van der Waals surface area (Å²) in [7, 11) is 1.19. The molecule has 0 spiro atoms. The van der Waals surface area contributed by atoms with Gasteiger partial charge in [-0.15, -0.1) is 0 Å². The zero-order valence-corrected chi connectivity index (χ0v) is 15.2. The summed E-state index contributed by atoms with van der Waals surface area (Å²) in [6.07, 6.45) is 0.231. The first-order valence-electron chi connectivity index (χ1n) is 8.21. The van der Waals surface area contributed by atoms with Crippen molar-refractivity contribution in [1.82, 2.24) is 10.9 Å². The minimum absolute atomic E-state index is 0.0831. The van der Waals surface area contributed by atoms with E-state index in [-0.39, 0.29) is 23.5 Å². The predicted molar refractivity (Wildman–Crippen MR) is 94.4 cm³/mol.